The predicted molar refractivity (Wildman–Crippen MR) is 87.7 cm³/mol. The molecule has 0 aromatic heterocycles. The van der Waals surface area contributed by atoms with E-state index in [1.807, 2.05) is 6.07 Å². The zero-order chi connectivity index (χ0) is 16.4. The first-order valence-electron chi connectivity index (χ1n) is 7.02. The van der Waals surface area contributed by atoms with Gasteiger partial charge >= 0.3 is 0 Å². The number of methoxy groups -OCH3 is 1. The third-order valence-corrected chi connectivity index (χ3v) is 3.95. The maximum Gasteiger partial charge on any atom is 0.231 e. The third kappa shape index (κ3) is 3.27. The molecule has 0 aliphatic carbocycles. The Morgan fingerprint density at radius 3 is 2.70 bits per heavy atom. The van der Waals surface area contributed by atoms with Crippen molar-refractivity contribution in [2.24, 2.45) is 0 Å². The number of fused-ring (bicyclic) bond motifs is 1. The molecule has 2 aromatic rings. The molecule has 1 aliphatic heterocycles. The largest absolute Gasteiger partial charge is 0.493 e. The summed E-state index contributed by atoms with van der Waals surface area (Å²) >= 11 is 3.37. The average Bonchev–Trinajstić information content (AvgIpc) is 3.03. The smallest absolute Gasteiger partial charge is 0.231 e. The minimum Gasteiger partial charge on any atom is -0.493 e. The number of benzene rings is 2. The van der Waals surface area contributed by atoms with Crippen LogP contribution >= 0.6 is 15.9 Å². The molecule has 0 bridgehead atoms. The van der Waals surface area contributed by atoms with Crippen molar-refractivity contribution in [1.29, 1.82) is 0 Å². The molecule has 0 amide bonds. The fraction of sp³-hybridized carbons (Fsp3) is 0.235. The number of rotatable bonds is 5. The van der Waals surface area contributed by atoms with Crippen molar-refractivity contribution in [3.63, 3.8) is 0 Å². The molecule has 120 valence electrons. The van der Waals surface area contributed by atoms with Gasteiger partial charge in [0.15, 0.2) is 29.1 Å². The lowest BCUT2D eigenvalue weighted by Gasteiger charge is -2.16. The summed E-state index contributed by atoms with van der Waals surface area (Å²) in [7, 11) is 1.55. The third-order valence-electron chi connectivity index (χ3n) is 3.46. The normalized spacial score (nSPS) is 13.5. The van der Waals surface area contributed by atoms with E-state index in [1.165, 1.54) is 0 Å². The molecule has 23 heavy (non-hydrogen) atoms. The van der Waals surface area contributed by atoms with Crippen LogP contribution in [0.25, 0.3) is 0 Å². The standard InChI is InChI=1S/C17H15BrO5/c1-10(23-14-6-4-12(18)8-15(14)20-2)17(19)11-3-5-13-16(7-11)22-9-21-13/h3-8,10H,9H2,1-2H3/t10-/m1/s1. The number of ether oxygens (including phenoxy) is 4. The molecule has 0 radical (unpaired) electrons. The van der Waals surface area contributed by atoms with Gasteiger partial charge in [-0.3, -0.25) is 4.79 Å². The van der Waals surface area contributed by atoms with E-state index in [9.17, 15) is 4.79 Å². The van der Waals surface area contributed by atoms with Crippen LogP contribution in [0.2, 0.25) is 0 Å². The van der Waals surface area contributed by atoms with Gasteiger partial charge in [0.25, 0.3) is 0 Å². The molecule has 3 rings (SSSR count). The first-order valence-corrected chi connectivity index (χ1v) is 7.82. The second-order valence-corrected chi connectivity index (χ2v) is 5.90. The Hall–Kier alpha value is -2.21. The maximum absolute atomic E-state index is 12.5. The molecule has 1 heterocycles. The molecule has 0 unspecified atom stereocenters. The van der Waals surface area contributed by atoms with Crippen molar-refractivity contribution in [1.82, 2.24) is 0 Å². The van der Waals surface area contributed by atoms with E-state index < -0.39 is 6.10 Å². The Bertz CT molecular complexity index is 744. The Balaban J connectivity index is 1.78. The SMILES string of the molecule is COc1cc(Br)ccc1O[C@H](C)C(=O)c1ccc2c(c1)OCO2. The molecule has 0 fully saturated rings. The molecule has 0 spiro atoms. The average molecular weight is 379 g/mol. The molecule has 1 aliphatic rings. The van der Waals surface area contributed by atoms with E-state index in [-0.39, 0.29) is 12.6 Å². The Morgan fingerprint density at radius 2 is 1.91 bits per heavy atom. The van der Waals surface area contributed by atoms with Gasteiger partial charge in [-0.05, 0) is 43.3 Å². The highest BCUT2D eigenvalue weighted by atomic mass is 79.9. The fourth-order valence-electron chi connectivity index (χ4n) is 2.27. The minimum atomic E-state index is -0.662. The highest BCUT2D eigenvalue weighted by molar-refractivity contribution is 9.10. The van der Waals surface area contributed by atoms with E-state index in [2.05, 4.69) is 15.9 Å². The molecule has 0 N–H and O–H groups in total. The summed E-state index contributed by atoms with van der Waals surface area (Å²) < 4.78 is 22.4. The summed E-state index contributed by atoms with van der Waals surface area (Å²) in [5.74, 6) is 2.14. The van der Waals surface area contributed by atoms with Crippen molar-refractivity contribution in [2.45, 2.75) is 13.0 Å². The Labute approximate surface area is 142 Å². The second-order valence-electron chi connectivity index (χ2n) is 4.99. The highest BCUT2D eigenvalue weighted by Crippen LogP contribution is 2.34. The summed E-state index contributed by atoms with van der Waals surface area (Å²) in [6, 6.07) is 10.5. The topological polar surface area (TPSA) is 54.0 Å². The van der Waals surface area contributed by atoms with E-state index in [0.717, 1.165) is 4.47 Å². The molecule has 1 atom stereocenters. The Kier molecular flexibility index (Phi) is 4.43. The number of carbonyl (C=O) groups is 1. The van der Waals surface area contributed by atoms with Gasteiger partial charge in [0.2, 0.25) is 12.6 Å². The van der Waals surface area contributed by atoms with E-state index in [1.54, 1.807) is 44.4 Å². The van der Waals surface area contributed by atoms with Crippen LogP contribution < -0.4 is 18.9 Å². The minimum absolute atomic E-state index is 0.145. The summed E-state index contributed by atoms with van der Waals surface area (Å²) in [5.41, 5.74) is 0.512. The van der Waals surface area contributed by atoms with Gasteiger partial charge in [-0.1, -0.05) is 15.9 Å². The van der Waals surface area contributed by atoms with Crippen molar-refractivity contribution >= 4 is 21.7 Å². The van der Waals surface area contributed by atoms with Gasteiger partial charge in [-0.2, -0.15) is 0 Å². The van der Waals surface area contributed by atoms with Gasteiger partial charge in [0.1, 0.15) is 0 Å². The molecular weight excluding hydrogens is 364 g/mol. The van der Waals surface area contributed by atoms with Crippen LogP contribution in [0.4, 0.5) is 0 Å². The van der Waals surface area contributed by atoms with Crippen LogP contribution in [-0.4, -0.2) is 25.8 Å². The quantitative estimate of drug-likeness (QED) is 0.739. The molecule has 0 saturated carbocycles. The van der Waals surface area contributed by atoms with Gasteiger partial charge in [-0.15, -0.1) is 0 Å². The predicted octanol–water partition coefficient (Wildman–Crippen LogP) is 3.84. The lowest BCUT2D eigenvalue weighted by molar-refractivity contribution is 0.0813. The Morgan fingerprint density at radius 1 is 1.13 bits per heavy atom. The first kappa shape index (κ1) is 15.7. The van der Waals surface area contributed by atoms with Crippen LogP contribution in [0.15, 0.2) is 40.9 Å². The van der Waals surface area contributed by atoms with Crippen LogP contribution in [0, 0.1) is 0 Å². The lowest BCUT2D eigenvalue weighted by atomic mass is 10.1. The van der Waals surface area contributed by atoms with Crippen LogP contribution in [0.3, 0.4) is 0 Å². The molecule has 2 aromatic carbocycles. The van der Waals surface area contributed by atoms with Crippen molar-refractivity contribution in [2.75, 3.05) is 13.9 Å². The van der Waals surface area contributed by atoms with E-state index in [4.69, 9.17) is 18.9 Å². The molecule has 6 heteroatoms. The number of Topliss-reactive ketones (excluding diaryl/α,β-unsaturated/α-hetero) is 1. The molecule has 5 nitrogen and oxygen atoms in total. The van der Waals surface area contributed by atoms with Gasteiger partial charge < -0.3 is 18.9 Å². The van der Waals surface area contributed by atoms with E-state index >= 15 is 0 Å². The van der Waals surface area contributed by atoms with E-state index in [0.29, 0.717) is 28.6 Å². The van der Waals surface area contributed by atoms with Crippen LogP contribution in [-0.2, 0) is 0 Å². The summed E-state index contributed by atoms with van der Waals surface area (Å²) in [4.78, 5) is 12.5. The van der Waals surface area contributed by atoms with Crippen molar-refractivity contribution in [3.05, 3.63) is 46.4 Å². The second kappa shape index (κ2) is 6.50. The van der Waals surface area contributed by atoms with Crippen molar-refractivity contribution in [3.8, 4) is 23.0 Å². The van der Waals surface area contributed by atoms with Crippen molar-refractivity contribution < 1.29 is 23.7 Å². The number of halogens is 1. The maximum atomic E-state index is 12.5. The summed E-state index contributed by atoms with van der Waals surface area (Å²) in [6.45, 7) is 1.88. The van der Waals surface area contributed by atoms with Gasteiger partial charge in [0.05, 0.1) is 7.11 Å². The molecular formula is C17H15BrO5. The van der Waals surface area contributed by atoms with Crippen LogP contribution in [0.5, 0.6) is 23.0 Å². The zero-order valence-corrected chi connectivity index (χ0v) is 14.3. The lowest BCUT2D eigenvalue weighted by Crippen LogP contribution is -2.24. The summed E-state index contributed by atoms with van der Waals surface area (Å²) in [5, 5.41) is 0. The summed E-state index contributed by atoms with van der Waals surface area (Å²) in [6.07, 6.45) is -0.662. The highest BCUT2D eigenvalue weighted by Gasteiger charge is 2.22. The number of ketones is 1. The number of carbonyl (C=O) groups excluding carboxylic acids is 1. The first-order chi connectivity index (χ1) is 11.1. The fourth-order valence-corrected chi connectivity index (χ4v) is 2.61. The van der Waals surface area contributed by atoms with Gasteiger partial charge in [-0.25, -0.2) is 0 Å². The zero-order valence-electron chi connectivity index (χ0n) is 12.7. The monoisotopic (exact) mass is 378 g/mol. The molecule has 0 saturated heterocycles. The van der Waals surface area contributed by atoms with Gasteiger partial charge in [0, 0.05) is 10.0 Å². The van der Waals surface area contributed by atoms with Crippen LogP contribution in [0.1, 0.15) is 17.3 Å². The number of hydrogen-bond donors (Lipinski definition) is 0. The number of hydrogen-bond acceptors (Lipinski definition) is 5.